The number of fused-ring (bicyclic) bond motifs is 1. The van der Waals surface area contributed by atoms with Crippen LogP contribution in [0.2, 0.25) is 0 Å². The Hall–Kier alpha value is -3.83. The second-order valence-electron chi connectivity index (χ2n) is 11.9. The van der Waals surface area contributed by atoms with Crippen LogP contribution in [0.25, 0.3) is 0 Å². The van der Waals surface area contributed by atoms with E-state index < -0.39 is 57.8 Å². The molecule has 270 valence electrons. The minimum Gasteiger partial charge on any atom is -0.508 e. The Bertz CT molecular complexity index is 1760. The number of ether oxygens (including phenoxy) is 1. The lowest BCUT2D eigenvalue weighted by molar-refractivity contribution is -0.507. The number of hydrogen-bond acceptors (Lipinski definition) is 11. The first-order valence-corrected chi connectivity index (χ1v) is 19.8. The Morgan fingerprint density at radius 2 is 1.84 bits per heavy atom. The number of carbonyl (C=O) groups excluding carboxylic acids is 2. The van der Waals surface area contributed by atoms with Gasteiger partial charge in [0.15, 0.2) is 6.61 Å². The van der Waals surface area contributed by atoms with Crippen LogP contribution in [0.4, 0.5) is 0 Å². The lowest BCUT2D eigenvalue weighted by atomic mass is 9.86. The Morgan fingerprint density at radius 3 is 2.44 bits per heavy atom. The first-order chi connectivity index (χ1) is 23.8. The predicted molar refractivity (Wildman–Crippen MR) is 193 cm³/mol. The average Bonchev–Trinajstić information content (AvgIpc) is 3.23. The van der Waals surface area contributed by atoms with Gasteiger partial charge in [-0.2, -0.15) is 8.42 Å². The van der Waals surface area contributed by atoms with Crippen LogP contribution in [0.15, 0.2) is 76.5 Å². The summed E-state index contributed by atoms with van der Waals surface area (Å²) in [5.41, 5.74) is 1.31. The Morgan fingerprint density at radius 1 is 1.14 bits per heavy atom. The van der Waals surface area contributed by atoms with Gasteiger partial charge in [-0.1, -0.05) is 69.2 Å². The van der Waals surface area contributed by atoms with Gasteiger partial charge in [0.05, 0.1) is 17.3 Å². The van der Waals surface area contributed by atoms with Gasteiger partial charge in [-0.05, 0) is 71.8 Å². The van der Waals surface area contributed by atoms with Crippen molar-refractivity contribution in [1.29, 1.82) is 0 Å². The van der Waals surface area contributed by atoms with Gasteiger partial charge >= 0.3 is 0 Å². The highest BCUT2D eigenvalue weighted by atomic mass is 32.2. The number of rotatable bonds is 16. The van der Waals surface area contributed by atoms with E-state index in [1.165, 1.54) is 47.8 Å². The molecule has 1 heterocycles. The van der Waals surface area contributed by atoms with Crippen molar-refractivity contribution in [2.45, 2.75) is 72.3 Å². The second-order valence-corrected chi connectivity index (χ2v) is 15.4. The summed E-state index contributed by atoms with van der Waals surface area (Å²) in [6.07, 6.45) is 4.71. The van der Waals surface area contributed by atoms with Gasteiger partial charge in [0.2, 0.25) is 5.91 Å². The summed E-state index contributed by atoms with van der Waals surface area (Å²) < 4.78 is 37.3. The van der Waals surface area contributed by atoms with E-state index in [2.05, 4.69) is 22.9 Å². The minimum absolute atomic E-state index is 0.0646. The van der Waals surface area contributed by atoms with Gasteiger partial charge in [-0.25, -0.2) is 0 Å². The number of unbranched alkanes of at least 4 members (excludes halogenated alkanes) is 1. The molecular formula is C34H42N4O9S3. The third kappa shape index (κ3) is 9.90. The number of benzene rings is 3. The molecule has 16 heteroatoms. The van der Waals surface area contributed by atoms with E-state index in [0.29, 0.717) is 33.9 Å². The van der Waals surface area contributed by atoms with Gasteiger partial charge in [-0.15, -0.1) is 11.8 Å². The number of nitrogens with zero attached hydrogens (tertiary/aromatic N) is 1. The van der Waals surface area contributed by atoms with Crippen molar-refractivity contribution >= 4 is 45.5 Å². The van der Waals surface area contributed by atoms with Gasteiger partial charge in [-0.3, -0.25) is 29.6 Å². The largest absolute Gasteiger partial charge is 0.508 e. The molecule has 4 rings (SSSR count). The summed E-state index contributed by atoms with van der Waals surface area (Å²) in [5.74, 6) is -1.87. The molecule has 0 bridgehead atoms. The monoisotopic (exact) mass is 746 g/mol. The fourth-order valence-corrected chi connectivity index (χ4v) is 8.16. The van der Waals surface area contributed by atoms with Gasteiger partial charge in [0, 0.05) is 21.3 Å². The number of thioether (sulfide) groups is 2. The van der Waals surface area contributed by atoms with E-state index in [-0.39, 0.29) is 16.7 Å². The number of carbonyl (C=O) groups is 2. The van der Waals surface area contributed by atoms with Gasteiger partial charge in [0.1, 0.15) is 17.5 Å². The summed E-state index contributed by atoms with van der Waals surface area (Å²) >= 11 is 2.56. The number of aromatic hydroxyl groups is 1. The highest BCUT2D eigenvalue weighted by Crippen LogP contribution is 2.48. The lowest BCUT2D eigenvalue weighted by Gasteiger charge is -2.37. The highest BCUT2D eigenvalue weighted by Gasteiger charge is 2.50. The van der Waals surface area contributed by atoms with Crippen molar-refractivity contribution < 1.29 is 37.3 Å². The van der Waals surface area contributed by atoms with Crippen LogP contribution in [-0.2, 0) is 19.7 Å². The molecule has 0 spiro atoms. The molecule has 0 aromatic heterocycles. The molecule has 3 aromatic carbocycles. The first kappa shape index (κ1) is 39.0. The molecule has 4 atom stereocenters. The molecule has 3 unspecified atom stereocenters. The van der Waals surface area contributed by atoms with Gasteiger partial charge in [0.25, 0.3) is 21.4 Å². The maximum absolute atomic E-state index is 13.2. The Labute approximate surface area is 300 Å². The SMILES string of the molecule is CCCCC1(CC)NC(c2ccccc2)c2cc(SC)c(OCC(=O)N[C@@H](C(=O)NCCS(=O)(=O)O)c3ccc(O)cc3)cc2SC1[N+](=O)[O-]. The summed E-state index contributed by atoms with van der Waals surface area (Å²) in [5, 5.41) is 30.1. The van der Waals surface area contributed by atoms with E-state index >= 15 is 0 Å². The van der Waals surface area contributed by atoms with Crippen molar-refractivity contribution in [2.24, 2.45) is 0 Å². The molecule has 50 heavy (non-hydrogen) atoms. The summed E-state index contributed by atoms with van der Waals surface area (Å²) in [6, 6.07) is 17.4. The fraction of sp³-hybridized carbons (Fsp3) is 0.412. The Kier molecular flexibility index (Phi) is 13.6. The molecule has 0 fully saturated rings. The van der Waals surface area contributed by atoms with E-state index in [1.54, 1.807) is 6.07 Å². The quantitative estimate of drug-likeness (QED) is 0.0565. The van der Waals surface area contributed by atoms with Crippen molar-refractivity contribution in [3.63, 3.8) is 0 Å². The number of phenols is 1. The molecule has 1 aliphatic rings. The van der Waals surface area contributed by atoms with Crippen LogP contribution in [0.5, 0.6) is 11.5 Å². The first-order valence-electron chi connectivity index (χ1n) is 16.1. The second kappa shape index (κ2) is 17.4. The van der Waals surface area contributed by atoms with E-state index in [1.807, 2.05) is 49.6 Å². The summed E-state index contributed by atoms with van der Waals surface area (Å²) in [6.45, 7) is 3.12. The molecule has 0 radical (unpaired) electrons. The van der Waals surface area contributed by atoms with Crippen LogP contribution in [0, 0.1) is 10.1 Å². The molecule has 1 aliphatic heterocycles. The van der Waals surface area contributed by atoms with Gasteiger partial charge < -0.3 is 20.5 Å². The third-order valence-electron chi connectivity index (χ3n) is 8.49. The smallest absolute Gasteiger partial charge is 0.280 e. The number of amides is 2. The number of phenolic OH excluding ortho intramolecular Hbond substituents is 1. The third-order valence-corrected chi connectivity index (χ3v) is 11.4. The van der Waals surface area contributed by atoms with E-state index in [9.17, 15) is 33.2 Å². The standard InChI is InChI=1S/C34H42N4O9S3/c1-4-6-16-34(5-2)33(38(42)43)49-27-20-26(28(48-3)19-25(27)30(37-34)22-10-8-7-9-11-22)47-21-29(40)36-31(23-12-14-24(39)15-13-23)32(41)35-17-18-50(44,45)46/h7-15,19-20,30-31,33,37,39H,4-6,16-18,21H2,1-3H3,(H,35,41)(H,36,40)(H,44,45,46)/t30?,31-,33?,34?/m1/s1. The highest BCUT2D eigenvalue weighted by molar-refractivity contribution is 8.00. The zero-order valence-corrected chi connectivity index (χ0v) is 30.4. The number of nitrogens with one attached hydrogen (secondary N) is 3. The lowest BCUT2D eigenvalue weighted by Crippen LogP contribution is -2.55. The van der Waals surface area contributed by atoms with E-state index in [0.717, 1.165) is 24.0 Å². The average molecular weight is 747 g/mol. The maximum atomic E-state index is 13.2. The number of nitro groups is 1. The fourth-order valence-electron chi connectivity index (χ4n) is 5.84. The molecule has 0 saturated heterocycles. The maximum Gasteiger partial charge on any atom is 0.280 e. The number of hydrogen-bond donors (Lipinski definition) is 5. The van der Waals surface area contributed by atoms with Crippen LogP contribution >= 0.6 is 23.5 Å². The summed E-state index contributed by atoms with van der Waals surface area (Å²) in [4.78, 5) is 40.1. The zero-order chi connectivity index (χ0) is 36.5. The summed E-state index contributed by atoms with van der Waals surface area (Å²) in [7, 11) is -4.33. The Balaban J connectivity index is 1.64. The molecule has 13 nitrogen and oxygen atoms in total. The molecule has 2 amide bonds. The van der Waals surface area contributed by atoms with Crippen molar-refractivity contribution in [3.8, 4) is 11.5 Å². The minimum atomic E-state index is -4.33. The van der Waals surface area contributed by atoms with Crippen molar-refractivity contribution in [3.05, 3.63) is 93.5 Å². The van der Waals surface area contributed by atoms with Crippen LogP contribution in [-0.4, -0.2) is 70.9 Å². The van der Waals surface area contributed by atoms with Crippen LogP contribution in [0.1, 0.15) is 68.3 Å². The van der Waals surface area contributed by atoms with Crippen LogP contribution in [0.3, 0.4) is 0 Å². The molecule has 0 aliphatic carbocycles. The van der Waals surface area contributed by atoms with Crippen molar-refractivity contribution in [2.75, 3.05) is 25.2 Å². The zero-order valence-electron chi connectivity index (χ0n) is 28.0. The normalized spacial score (nSPS) is 19.4. The predicted octanol–water partition coefficient (Wildman–Crippen LogP) is 5.08. The van der Waals surface area contributed by atoms with Crippen LogP contribution < -0.4 is 20.7 Å². The van der Waals surface area contributed by atoms with Crippen molar-refractivity contribution in [1.82, 2.24) is 16.0 Å². The molecule has 5 N–H and O–H groups in total. The molecule has 0 saturated carbocycles. The molecule has 3 aromatic rings. The van der Waals surface area contributed by atoms with E-state index in [4.69, 9.17) is 9.29 Å². The topological polar surface area (TPSA) is 197 Å². The molecular weight excluding hydrogens is 705 g/mol.